The number of ether oxygens (including phenoxy) is 4. The summed E-state index contributed by atoms with van der Waals surface area (Å²) in [5.74, 6) is 2.37. The summed E-state index contributed by atoms with van der Waals surface area (Å²) >= 11 is 0. The number of hydrogen-bond donors (Lipinski definition) is 1. The third-order valence-corrected chi connectivity index (χ3v) is 6.23. The molecular formula is C26H34N2O6. The van der Waals surface area contributed by atoms with Crippen LogP contribution in [0.15, 0.2) is 36.4 Å². The summed E-state index contributed by atoms with van der Waals surface area (Å²) < 4.78 is 21.6. The molecule has 0 radical (unpaired) electrons. The lowest BCUT2D eigenvalue weighted by Crippen LogP contribution is -2.54. The number of nitrogens with zero attached hydrogens (tertiary/aromatic N) is 1. The smallest absolute Gasteiger partial charge is 0.245 e. The first-order chi connectivity index (χ1) is 16.4. The number of benzene rings is 2. The van der Waals surface area contributed by atoms with Crippen molar-refractivity contribution in [2.75, 3.05) is 34.5 Å². The quantitative estimate of drug-likeness (QED) is 0.542. The van der Waals surface area contributed by atoms with Crippen LogP contribution >= 0.6 is 0 Å². The van der Waals surface area contributed by atoms with Crippen molar-refractivity contribution >= 4 is 11.8 Å². The van der Waals surface area contributed by atoms with Crippen molar-refractivity contribution in [1.82, 2.24) is 10.2 Å². The Kier molecular flexibility index (Phi) is 8.26. The zero-order chi connectivity index (χ0) is 24.7. The van der Waals surface area contributed by atoms with Crippen molar-refractivity contribution in [3.63, 3.8) is 0 Å². The minimum absolute atomic E-state index is 0.0367. The van der Waals surface area contributed by atoms with Gasteiger partial charge in [-0.2, -0.15) is 0 Å². The van der Waals surface area contributed by atoms with Gasteiger partial charge >= 0.3 is 0 Å². The van der Waals surface area contributed by atoms with Gasteiger partial charge in [0.25, 0.3) is 0 Å². The Hall–Kier alpha value is -3.42. The topological polar surface area (TPSA) is 86.3 Å². The van der Waals surface area contributed by atoms with Crippen LogP contribution < -0.4 is 24.3 Å². The van der Waals surface area contributed by atoms with Gasteiger partial charge in [0, 0.05) is 19.5 Å². The molecule has 1 aliphatic rings. The lowest BCUT2D eigenvalue weighted by atomic mass is 9.96. The van der Waals surface area contributed by atoms with Crippen LogP contribution in [0.1, 0.15) is 37.8 Å². The molecule has 1 heterocycles. The minimum atomic E-state index is -0.916. The molecule has 0 unspecified atom stereocenters. The molecule has 0 aromatic heterocycles. The van der Waals surface area contributed by atoms with Crippen LogP contribution in [-0.4, -0.2) is 56.7 Å². The molecule has 0 spiro atoms. The number of carbonyl (C=O) groups excluding carboxylic acids is 2. The highest BCUT2D eigenvalue weighted by Gasteiger charge is 2.47. The number of likely N-dealkylation sites (tertiary alicyclic amines) is 1. The maximum absolute atomic E-state index is 13.2. The average molecular weight is 471 g/mol. The first-order valence-corrected chi connectivity index (χ1v) is 11.5. The van der Waals surface area contributed by atoms with Gasteiger partial charge in [0.1, 0.15) is 5.54 Å². The van der Waals surface area contributed by atoms with E-state index in [1.807, 2.05) is 50.2 Å². The molecule has 8 nitrogen and oxygen atoms in total. The van der Waals surface area contributed by atoms with E-state index in [9.17, 15) is 9.59 Å². The fourth-order valence-corrected chi connectivity index (χ4v) is 4.21. The van der Waals surface area contributed by atoms with Gasteiger partial charge in [-0.25, -0.2) is 0 Å². The van der Waals surface area contributed by atoms with Gasteiger partial charge < -0.3 is 29.2 Å². The normalized spacial score (nSPS) is 17.4. The summed E-state index contributed by atoms with van der Waals surface area (Å²) in [6.45, 7) is 5.03. The Balaban J connectivity index is 1.66. The predicted molar refractivity (Wildman–Crippen MR) is 129 cm³/mol. The Labute approximate surface area is 201 Å². The van der Waals surface area contributed by atoms with Gasteiger partial charge in [-0.15, -0.1) is 0 Å². The lowest BCUT2D eigenvalue weighted by molar-refractivity contribution is -0.141. The first kappa shape index (κ1) is 25.2. The fraction of sp³-hybridized carbons (Fsp3) is 0.462. The second kappa shape index (κ2) is 11.1. The Morgan fingerprint density at radius 1 is 0.971 bits per heavy atom. The van der Waals surface area contributed by atoms with Crippen molar-refractivity contribution in [2.24, 2.45) is 0 Å². The third kappa shape index (κ3) is 5.38. The molecule has 8 heteroatoms. The molecular weight excluding hydrogens is 436 g/mol. The molecule has 3 rings (SSSR count). The number of nitrogens with one attached hydrogen (secondary N) is 1. The highest BCUT2D eigenvalue weighted by molar-refractivity contribution is 5.94. The summed E-state index contributed by atoms with van der Waals surface area (Å²) in [7, 11) is 4.77. The highest BCUT2D eigenvalue weighted by Crippen LogP contribution is 2.34. The summed E-state index contributed by atoms with van der Waals surface area (Å²) in [4.78, 5) is 27.6. The largest absolute Gasteiger partial charge is 0.493 e. The zero-order valence-electron chi connectivity index (χ0n) is 20.6. The van der Waals surface area contributed by atoms with E-state index >= 15 is 0 Å². The van der Waals surface area contributed by atoms with Gasteiger partial charge in [0.2, 0.25) is 11.8 Å². The van der Waals surface area contributed by atoms with E-state index in [0.717, 1.165) is 11.1 Å². The number of hydrogen-bond acceptors (Lipinski definition) is 6. The highest BCUT2D eigenvalue weighted by atomic mass is 16.5. The fourth-order valence-electron chi connectivity index (χ4n) is 4.21. The first-order valence-electron chi connectivity index (χ1n) is 11.5. The predicted octanol–water partition coefficient (Wildman–Crippen LogP) is 3.35. The molecule has 2 amide bonds. The molecule has 0 bridgehead atoms. The number of amides is 2. The number of methoxy groups -OCH3 is 3. The second-order valence-electron chi connectivity index (χ2n) is 8.37. The van der Waals surface area contributed by atoms with Crippen molar-refractivity contribution in [2.45, 2.75) is 45.2 Å². The van der Waals surface area contributed by atoms with Crippen LogP contribution in [0.3, 0.4) is 0 Å². The van der Waals surface area contributed by atoms with Gasteiger partial charge in [-0.05, 0) is 62.1 Å². The molecule has 184 valence electrons. The molecule has 1 atom stereocenters. The molecule has 0 aliphatic carbocycles. The van der Waals surface area contributed by atoms with E-state index in [1.54, 1.807) is 26.2 Å². The summed E-state index contributed by atoms with van der Waals surface area (Å²) in [5, 5.41) is 3.01. The van der Waals surface area contributed by atoms with Crippen LogP contribution in [0.25, 0.3) is 0 Å². The molecule has 0 saturated carbocycles. The van der Waals surface area contributed by atoms with Crippen molar-refractivity contribution in [3.8, 4) is 23.0 Å². The van der Waals surface area contributed by atoms with E-state index in [0.29, 0.717) is 62.0 Å². The molecule has 1 saturated heterocycles. The molecule has 34 heavy (non-hydrogen) atoms. The van der Waals surface area contributed by atoms with E-state index in [2.05, 4.69) is 5.32 Å². The molecule has 2 aromatic rings. The van der Waals surface area contributed by atoms with Gasteiger partial charge in [-0.1, -0.05) is 12.1 Å². The number of carbonyl (C=O) groups is 2. The van der Waals surface area contributed by atoms with Crippen molar-refractivity contribution < 1.29 is 28.5 Å². The van der Waals surface area contributed by atoms with E-state index in [1.165, 1.54) is 0 Å². The summed E-state index contributed by atoms with van der Waals surface area (Å²) in [5.41, 5.74) is 0.976. The molecule has 2 aromatic carbocycles. The minimum Gasteiger partial charge on any atom is -0.493 e. The van der Waals surface area contributed by atoms with Crippen LogP contribution in [-0.2, 0) is 22.6 Å². The summed E-state index contributed by atoms with van der Waals surface area (Å²) in [6.07, 6.45) is 1.45. The van der Waals surface area contributed by atoms with Gasteiger partial charge in [-0.3, -0.25) is 9.59 Å². The Morgan fingerprint density at radius 3 is 2.26 bits per heavy atom. The van der Waals surface area contributed by atoms with Crippen molar-refractivity contribution in [1.29, 1.82) is 0 Å². The SMILES string of the molecule is CCOc1ccc(CN2C(=O)CC[C@@]2(C)C(=O)NCCc2ccc(OC)c(OC)c2)cc1OC. The van der Waals surface area contributed by atoms with E-state index in [4.69, 9.17) is 18.9 Å². The second-order valence-corrected chi connectivity index (χ2v) is 8.37. The van der Waals surface area contributed by atoms with Gasteiger partial charge in [0.15, 0.2) is 23.0 Å². The molecule has 1 aliphatic heterocycles. The van der Waals surface area contributed by atoms with Gasteiger partial charge in [0.05, 0.1) is 27.9 Å². The van der Waals surface area contributed by atoms with Crippen LogP contribution in [0.4, 0.5) is 0 Å². The Bertz CT molecular complexity index is 1020. The standard InChI is InChI=1S/C26H34N2O6/c1-6-34-21-10-8-19(16-23(21)33-5)17-28-24(29)11-13-26(28,2)25(30)27-14-12-18-7-9-20(31-3)22(15-18)32-4/h7-10,15-16H,6,11-14,17H2,1-5H3,(H,27,30)/t26-/m0/s1. The number of rotatable bonds is 11. The average Bonchev–Trinajstić information content (AvgIpc) is 3.14. The Morgan fingerprint density at radius 2 is 1.59 bits per heavy atom. The van der Waals surface area contributed by atoms with Crippen LogP contribution in [0, 0.1) is 0 Å². The lowest BCUT2D eigenvalue weighted by Gasteiger charge is -2.34. The zero-order valence-corrected chi connectivity index (χ0v) is 20.6. The van der Waals surface area contributed by atoms with E-state index < -0.39 is 5.54 Å². The van der Waals surface area contributed by atoms with Crippen LogP contribution in [0.5, 0.6) is 23.0 Å². The maximum atomic E-state index is 13.2. The van der Waals surface area contributed by atoms with E-state index in [-0.39, 0.29) is 11.8 Å². The monoisotopic (exact) mass is 470 g/mol. The molecule has 1 N–H and O–H groups in total. The van der Waals surface area contributed by atoms with Crippen LogP contribution in [0.2, 0.25) is 0 Å². The van der Waals surface area contributed by atoms with Crippen molar-refractivity contribution in [3.05, 3.63) is 47.5 Å². The summed E-state index contributed by atoms with van der Waals surface area (Å²) in [6, 6.07) is 11.3. The third-order valence-electron chi connectivity index (χ3n) is 6.23. The maximum Gasteiger partial charge on any atom is 0.245 e. The molecule has 1 fully saturated rings.